The van der Waals surface area contributed by atoms with Gasteiger partial charge in [-0.25, -0.2) is 4.98 Å². The zero-order chi connectivity index (χ0) is 13.1. The second-order valence-electron chi connectivity index (χ2n) is 4.42. The lowest BCUT2D eigenvalue weighted by Crippen LogP contribution is -2.30. The monoisotopic (exact) mass is 308 g/mol. The van der Waals surface area contributed by atoms with Crippen molar-refractivity contribution in [3.63, 3.8) is 0 Å². The van der Waals surface area contributed by atoms with Gasteiger partial charge in [0.05, 0.1) is 10.0 Å². The van der Waals surface area contributed by atoms with Gasteiger partial charge in [0, 0.05) is 19.2 Å². The molecule has 3 nitrogen and oxygen atoms in total. The third-order valence-corrected chi connectivity index (χ3v) is 4.16. The van der Waals surface area contributed by atoms with E-state index in [1.165, 1.54) is 0 Å². The van der Waals surface area contributed by atoms with Crippen molar-refractivity contribution in [3.05, 3.63) is 21.3 Å². The molecule has 0 saturated carbocycles. The number of rotatable bonds is 4. The molecule has 2 heterocycles. The molecule has 2 rings (SSSR count). The minimum absolute atomic E-state index is 0.215. The van der Waals surface area contributed by atoms with Gasteiger partial charge in [0.15, 0.2) is 0 Å². The first-order valence-electron chi connectivity index (χ1n) is 6.02. The van der Waals surface area contributed by atoms with Crippen molar-refractivity contribution < 1.29 is 5.11 Å². The Labute approximate surface area is 122 Å². The van der Waals surface area contributed by atoms with Gasteiger partial charge in [-0.3, -0.25) is 0 Å². The van der Waals surface area contributed by atoms with Crippen LogP contribution in [-0.2, 0) is 0 Å². The van der Waals surface area contributed by atoms with Crippen molar-refractivity contribution in [2.75, 3.05) is 18.1 Å². The SMILES string of the molecule is OCCCC1CCCN1c1nc(Cl)c(Cl)cc1Cl. The molecule has 1 aromatic heterocycles. The van der Waals surface area contributed by atoms with Crippen molar-refractivity contribution in [2.24, 2.45) is 0 Å². The van der Waals surface area contributed by atoms with E-state index in [1.807, 2.05) is 0 Å². The first kappa shape index (κ1) is 14.2. The van der Waals surface area contributed by atoms with Gasteiger partial charge in [-0.2, -0.15) is 0 Å². The van der Waals surface area contributed by atoms with Gasteiger partial charge in [-0.1, -0.05) is 34.8 Å². The summed E-state index contributed by atoms with van der Waals surface area (Å²) in [5, 5.41) is 10.1. The summed E-state index contributed by atoms with van der Waals surface area (Å²) >= 11 is 18.0. The van der Waals surface area contributed by atoms with Crippen LogP contribution in [0.3, 0.4) is 0 Å². The number of nitrogens with zero attached hydrogens (tertiary/aromatic N) is 2. The Morgan fingerprint density at radius 1 is 1.33 bits per heavy atom. The van der Waals surface area contributed by atoms with Gasteiger partial charge >= 0.3 is 0 Å². The van der Waals surface area contributed by atoms with Gasteiger partial charge in [0.2, 0.25) is 0 Å². The number of pyridine rings is 1. The molecular weight excluding hydrogens is 295 g/mol. The molecule has 1 N–H and O–H groups in total. The first-order valence-corrected chi connectivity index (χ1v) is 7.16. The zero-order valence-corrected chi connectivity index (χ0v) is 12.1. The van der Waals surface area contributed by atoms with E-state index in [1.54, 1.807) is 6.07 Å². The highest BCUT2D eigenvalue weighted by Gasteiger charge is 2.27. The molecule has 1 saturated heterocycles. The lowest BCUT2D eigenvalue weighted by atomic mass is 10.1. The van der Waals surface area contributed by atoms with Gasteiger partial charge in [-0.05, 0) is 31.7 Å². The second kappa shape index (κ2) is 6.29. The van der Waals surface area contributed by atoms with Crippen molar-refractivity contribution in [1.82, 2.24) is 4.98 Å². The molecule has 0 radical (unpaired) electrons. The van der Waals surface area contributed by atoms with Gasteiger partial charge in [0.1, 0.15) is 11.0 Å². The van der Waals surface area contributed by atoms with E-state index in [2.05, 4.69) is 9.88 Å². The van der Waals surface area contributed by atoms with E-state index < -0.39 is 0 Å². The molecule has 1 aromatic rings. The summed E-state index contributed by atoms with van der Waals surface area (Å²) in [6.45, 7) is 1.13. The van der Waals surface area contributed by atoms with Gasteiger partial charge < -0.3 is 10.0 Å². The molecule has 1 aliphatic rings. The van der Waals surface area contributed by atoms with Crippen LogP contribution < -0.4 is 4.90 Å². The number of aliphatic hydroxyl groups excluding tert-OH is 1. The van der Waals surface area contributed by atoms with Crippen LogP contribution in [-0.4, -0.2) is 29.3 Å². The van der Waals surface area contributed by atoms with Crippen molar-refractivity contribution >= 4 is 40.6 Å². The summed E-state index contributed by atoms with van der Waals surface area (Å²) in [4.78, 5) is 6.44. The van der Waals surface area contributed by atoms with E-state index in [9.17, 15) is 0 Å². The maximum Gasteiger partial charge on any atom is 0.150 e. The topological polar surface area (TPSA) is 36.4 Å². The molecule has 6 heteroatoms. The molecule has 18 heavy (non-hydrogen) atoms. The quantitative estimate of drug-likeness (QED) is 0.860. The summed E-state index contributed by atoms with van der Waals surface area (Å²) in [5.74, 6) is 0.700. The predicted molar refractivity (Wildman–Crippen MR) is 76.0 cm³/mol. The maximum absolute atomic E-state index is 8.92. The minimum Gasteiger partial charge on any atom is -0.396 e. The fraction of sp³-hybridized carbons (Fsp3) is 0.583. The van der Waals surface area contributed by atoms with Crippen molar-refractivity contribution in [2.45, 2.75) is 31.7 Å². The Morgan fingerprint density at radius 2 is 2.11 bits per heavy atom. The lowest BCUT2D eigenvalue weighted by molar-refractivity contribution is 0.279. The van der Waals surface area contributed by atoms with E-state index >= 15 is 0 Å². The average molecular weight is 310 g/mol. The smallest absolute Gasteiger partial charge is 0.150 e. The van der Waals surface area contributed by atoms with Crippen LogP contribution >= 0.6 is 34.8 Å². The van der Waals surface area contributed by atoms with E-state index in [0.717, 1.165) is 32.2 Å². The Morgan fingerprint density at radius 3 is 2.83 bits per heavy atom. The van der Waals surface area contributed by atoms with Crippen LogP contribution in [0.15, 0.2) is 6.07 Å². The zero-order valence-electron chi connectivity index (χ0n) is 9.87. The summed E-state index contributed by atoms with van der Waals surface area (Å²) in [6.07, 6.45) is 3.93. The molecule has 1 atom stereocenters. The standard InChI is InChI=1S/C12H15Cl3N2O/c13-9-7-10(14)12(16-11(9)15)17-5-1-3-8(17)4-2-6-18/h7-8,18H,1-6H2. The van der Waals surface area contributed by atoms with Crippen LogP contribution in [0.1, 0.15) is 25.7 Å². The highest BCUT2D eigenvalue weighted by Crippen LogP contribution is 2.35. The molecule has 1 unspecified atom stereocenters. The molecule has 100 valence electrons. The largest absolute Gasteiger partial charge is 0.396 e. The Balaban J connectivity index is 2.21. The molecule has 0 aromatic carbocycles. The number of anilines is 1. The lowest BCUT2D eigenvalue weighted by Gasteiger charge is -2.26. The fourth-order valence-corrected chi connectivity index (χ4v) is 2.98. The molecular formula is C12H15Cl3N2O. The van der Waals surface area contributed by atoms with Gasteiger partial charge in [0.25, 0.3) is 0 Å². The molecule has 0 bridgehead atoms. The van der Waals surface area contributed by atoms with E-state index in [4.69, 9.17) is 39.9 Å². The molecule has 0 amide bonds. The average Bonchev–Trinajstić information content (AvgIpc) is 2.79. The third kappa shape index (κ3) is 3.02. The fourth-order valence-electron chi connectivity index (χ4n) is 2.38. The summed E-state index contributed by atoms with van der Waals surface area (Å²) in [6, 6.07) is 2.01. The summed E-state index contributed by atoms with van der Waals surface area (Å²) in [5.41, 5.74) is 0. The maximum atomic E-state index is 8.92. The summed E-state index contributed by atoms with van der Waals surface area (Å²) < 4.78 is 0. The number of aromatic nitrogens is 1. The van der Waals surface area contributed by atoms with Crippen LogP contribution in [0.4, 0.5) is 5.82 Å². The predicted octanol–water partition coefficient (Wildman–Crippen LogP) is 3.78. The molecule has 1 aliphatic heterocycles. The highest BCUT2D eigenvalue weighted by molar-refractivity contribution is 6.42. The normalized spacial score (nSPS) is 19.6. The Hall–Kier alpha value is -0.220. The first-order chi connectivity index (χ1) is 8.63. The molecule has 0 aliphatic carbocycles. The van der Waals surface area contributed by atoms with E-state index in [-0.39, 0.29) is 11.8 Å². The summed E-state index contributed by atoms with van der Waals surface area (Å²) in [7, 11) is 0. The van der Waals surface area contributed by atoms with Crippen LogP contribution in [0.5, 0.6) is 0 Å². The van der Waals surface area contributed by atoms with Crippen LogP contribution in [0, 0.1) is 0 Å². The molecule has 0 spiro atoms. The number of aliphatic hydroxyl groups is 1. The Kier molecular flexibility index (Phi) is 4.96. The number of hydrogen-bond acceptors (Lipinski definition) is 3. The van der Waals surface area contributed by atoms with Crippen LogP contribution in [0.2, 0.25) is 15.2 Å². The second-order valence-corrected chi connectivity index (χ2v) is 5.59. The van der Waals surface area contributed by atoms with E-state index in [0.29, 0.717) is 21.9 Å². The number of hydrogen-bond donors (Lipinski definition) is 1. The van der Waals surface area contributed by atoms with Crippen molar-refractivity contribution in [3.8, 4) is 0 Å². The van der Waals surface area contributed by atoms with Gasteiger partial charge in [-0.15, -0.1) is 0 Å². The highest BCUT2D eigenvalue weighted by atomic mass is 35.5. The van der Waals surface area contributed by atoms with Crippen molar-refractivity contribution in [1.29, 1.82) is 0 Å². The molecule has 1 fully saturated rings. The van der Waals surface area contributed by atoms with Crippen LogP contribution in [0.25, 0.3) is 0 Å². The Bertz CT molecular complexity index is 428. The third-order valence-electron chi connectivity index (χ3n) is 3.21. The minimum atomic E-state index is 0.215. The number of halogens is 3.